The van der Waals surface area contributed by atoms with E-state index in [0.717, 1.165) is 35.9 Å². The van der Waals surface area contributed by atoms with E-state index in [9.17, 15) is 4.79 Å². The van der Waals surface area contributed by atoms with Gasteiger partial charge in [-0.15, -0.1) is 21.5 Å². The van der Waals surface area contributed by atoms with Crippen LogP contribution in [-0.4, -0.2) is 20.7 Å². The van der Waals surface area contributed by atoms with Gasteiger partial charge in [0.15, 0.2) is 5.82 Å². The summed E-state index contributed by atoms with van der Waals surface area (Å²) in [5, 5.41) is 13.2. The molecule has 1 N–H and O–H groups in total. The molecule has 2 aromatic heterocycles. The van der Waals surface area contributed by atoms with E-state index in [0.29, 0.717) is 0 Å². The summed E-state index contributed by atoms with van der Waals surface area (Å²) in [6, 6.07) is 3.58. The summed E-state index contributed by atoms with van der Waals surface area (Å²) in [6.45, 7) is 2.90. The standard InChI is InChI=1S/C12H14N4OS/c1-8(13-12(17)9-4-3-7-18-9)11-15-14-10-5-2-6-16(10)11/h3-4,7-8H,2,5-6H2,1H3,(H,13,17). The van der Waals surface area contributed by atoms with Crippen LogP contribution in [0.25, 0.3) is 0 Å². The molecule has 1 atom stereocenters. The van der Waals surface area contributed by atoms with Gasteiger partial charge in [-0.2, -0.15) is 0 Å². The fourth-order valence-electron chi connectivity index (χ4n) is 2.23. The summed E-state index contributed by atoms with van der Waals surface area (Å²) in [5.41, 5.74) is 0. The van der Waals surface area contributed by atoms with Crippen molar-refractivity contribution in [1.82, 2.24) is 20.1 Å². The minimum Gasteiger partial charge on any atom is -0.342 e. The molecule has 18 heavy (non-hydrogen) atoms. The average Bonchev–Trinajstić information content (AvgIpc) is 3.06. The molecule has 0 spiro atoms. The number of nitrogens with one attached hydrogen (secondary N) is 1. The number of thiophene rings is 1. The summed E-state index contributed by atoms with van der Waals surface area (Å²) in [7, 11) is 0. The van der Waals surface area contributed by atoms with Crippen LogP contribution in [0.4, 0.5) is 0 Å². The number of fused-ring (bicyclic) bond motifs is 1. The molecule has 0 saturated carbocycles. The largest absolute Gasteiger partial charge is 0.342 e. The van der Waals surface area contributed by atoms with Crippen molar-refractivity contribution in [2.45, 2.75) is 32.4 Å². The average molecular weight is 262 g/mol. The number of nitrogens with zero attached hydrogens (tertiary/aromatic N) is 3. The number of rotatable bonds is 3. The minimum absolute atomic E-state index is 0.0483. The molecule has 6 heteroatoms. The molecule has 3 heterocycles. The van der Waals surface area contributed by atoms with Gasteiger partial charge in [-0.05, 0) is 24.8 Å². The van der Waals surface area contributed by atoms with E-state index in [1.54, 1.807) is 0 Å². The van der Waals surface area contributed by atoms with E-state index >= 15 is 0 Å². The van der Waals surface area contributed by atoms with Gasteiger partial charge in [0.2, 0.25) is 0 Å². The Morgan fingerprint density at radius 1 is 1.56 bits per heavy atom. The van der Waals surface area contributed by atoms with Gasteiger partial charge in [-0.3, -0.25) is 4.79 Å². The SMILES string of the molecule is CC(NC(=O)c1cccs1)c1nnc2n1CCC2. The van der Waals surface area contributed by atoms with Gasteiger partial charge in [0.25, 0.3) is 5.91 Å². The Bertz CT molecular complexity index is 561. The van der Waals surface area contributed by atoms with Crippen molar-refractivity contribution in [3.05, 3.63) is 34.0 Å². The van der Waals surface area contributed by atoms with Crippen molar-refractivity contribution in [3.8, 4) is 0 Å². The van der Waals surface area contributed by atoms with Crippen molar-refractivity contribution in [3.63, 3.8) is 0 Å². The molecular weight excluding hydrogens is 248 g/mol. The summed E-state index contributed by atoms with van der Waals surface area (Å²) in [6.07, 6.45) is 2.10. The van der Waals surface area contributed by atoms with Gasteiger partial charge < -0.3 is 9.88 Å². The Labute approximate surface area is 109 Å². The highest BCUT2D eigenvalue weighted by Crippen LogP contribution is 2.19. The molecule has 1 amide bonds. The quantitative estimate of drug-likeness (QED) is 0.917. The second kappa shape index (κ2) is 4.53. The molecule has 1 aliphatic heterocycles. The van der Waals surface area contributed by atoms with Crippen molar-refractivity contribution in [2.75, 3.05) is 0 Å². The third kappa shape index (κ3) is 1.92. The van der Waals surface area contributed by atoms with Gasteiger partial charge >= 0.3 is 0 Å². The Morgan fingerprint density at radius 3 is 3.22 bits per heavy atom. The molecule has 94 valence electrons. The van der Waals surface area contributed by atoms with Gasteiger partial charge in [-0.25, -0.2) is 0 Å². The fraction of sp³-hybridized carbons (Fsp3) is 0.417. The van der Waals surface area contributed by atoms with Crippen LogP contribution in [0.2, 0.25) is 0 Å². The van der Waals surface area contributed by atoms with E-state index in [4.69, 9.17) is 0 Å². The maximum atomic E-state index is 12.0. The van der Waals surface area contributed by atoms with E-state index in [1.807, 2.05) is 24.4 Å². The van der Waals surface area contributed by atoms with Gasteiger partial charge in [0.05, 0.1) is 10.9 Å². The monoisotopic (exact) mass is 262 g/mol. The zero-order valence-electron chi connectivity index (χ0n) is 10.1. The highest BCUT2D eigenvalue weighted by molar-refractivity contribution is 7.12. The highest BCUT2D eigenvalue weighted by atomic mass is 32.1. The first-order valence-corrected chi connectivity index (χ1v) is 6.90. The molecule has 0 aromatic carbocycles. The van der Waals surface area contributed by atoms with Crippen molar-refractivity contribution < 1.29 is 4.79 Å². The number of aromatic nitrogens is 3. The highest BCUT2D eigenvalue weighted by Gasteiger charge is 2.22. The lowest BCUT2D eigenvalue weighted by Crippen LogP contribution is -2.28. The van der Waals surface area contributed by atoms with Crippen LogP contribution < -0.4 is 5.32 Å². The lowest BCUT2D eigenvalue weighted by atomic mass is 10.3. The van der Waals surface area contributed by atoms with Crippen LogP contribution in [0.5, 0.6) is 0 Å². The van der Waals surface area contributed by atoms with Crippen LogP contribution >= 0.6 is 11.3 Å². The molecular formula is C12H14N4OS. The number of carbonyl (C=O) groups excluding carboxylic acids is 1. The number of amides is 1. The van der Waals surface area contributed by atoms with Crippen LogP contribution in [0.15, 0.2) is 17.5 Å². The maximum Gasteiger partial charge on any atom is 0.261 e. The summed E-state index contributed by atoms with van der Waals surface area (Å²) < 4.78 is 2.11. The minimum atomic E-state index is -0.112. The van der Waals surface area contributed by atoms with Crippen LogP contribution in [-0.2, 0) is 13.0 Å². The number of aryl methyl sites for hydroxylation is 1. The first-order chi connectivity index (χ1) is 8.75. The normalized spacial score (nSPS) is 15.4. The third-order valence-corrected chi connectivity index (χ3v) is 3.99. The molecule has 3 rings (SSSR count). The second-order valence-electron chi connectivity index (χ2n) is 4.40. The molecule has 0 bridgehead atoms. The number of hydrogen-bond donors (Lipinski definition) is 1. The smallest absolute Gasteiger partial charge is 0.261 e. The molecule has 5 nitrogen and oxygen atoms in total. The second-order valence-corrected chi connectivity index (χ2v) is 5.35. The molecule has 0 aliphatic carbocycles. The predicted octanol–water partition coefficient (Wildman–Crippen LogP) is 1.78. The van der Waals surface area contributed by atoms with Gasteiger partial charge in [0.1, 0.15) is 5.82 Å². The zero-order chi connectivity index (χ0) is 12.5. The van der Waals surface area contributed by atoms with E-state index in [2.05, 4.69) is 20.1 Å². The summed E-state index contributed by atoms with van der Waals surface area (Å²) in [4.78, 5) is 12.7. The Morgan fingerprint density at radius 2 is 2.44 bits per heavy atom. The molecule has 1 aliphatic rings. The first kappa shape index (κ1) is 11.4. The Kier molecular flexibility index (Phi) is 2.87. The first-order valence-electron chi connectivity index (χ1n) is 6.02. The van der Waals surface area contributed by atoms with Crippen LogP contribution in [0.1, 0.15) is 40.7 Å². The lowest BCUT2D eigenvalue weighted by Gasteiger charge is -2.13. The fourth-order valence-corrected chi connectivity index (χ4v) is 2.86. The Hall–Kier alpha value is -1.69. The topological polar surface area (TPSA) is 59.8 Å². The lowest BCUT2D eigenvalue weighted by molar-refractivity contribution is 0.0941. The molecule has 0 radical (unpaired) electrons. The van der Waals surface area contributed by atoms with E-state index in [1.165, 1.54) is 11.3 Å². The Balaban J connectivity index is 1.75. The van der Waals surface area contributed by atoms with Crippen molar-refractivity contribution in [2.24, 2.45) is 0 Å². The molecule has 0 saturated heterocycles. The third-order valence-electron chi connectivity index (χ3n) is 3.12. The van der Waals surface area contributed by atoms with Crippen LogP contribution in [0.3, 0.4) is 0 Å². The van der Waals surface area contributed by atoms with Crippen LogP contribution in [0, 0.1) is 0 Å². The predicted molar refractivity (Wildman–Crippen MR) is 68.5 cm³/mol. The zero-order valence-corrected chi connectivity index (χ0v) is 10.9. The molecule has 0 fully saturated rings. The summed E-state index contributed by atoms with van der Waals surface area (Å²) in [5.74, 6) is 1.84. The van der Waals surface area contributed by atoms with E-state index < -0.39 is 0 Å². The van der Waals surface area contributed by atoms with Gasteiger partial charge in [-0.1, -0.05) is 6.07 Å². The number of carbonyl (C=O) groups is 1. The van der Waals surface area contributed by atoms with E-state index in [-0.39, 0.29) is 11.9 Å². The van der Waals surface area contributed by atoms with Crippen molar-refractivity contribution >= 4 is 17.2 Å². The van der Waals surface area contributed by atoms with Gasteiger partial charge in [0, 0.05) is 13.0 Å². The molecule has 2 aromatic rings. The molecule has 1 unspecified atom stereocenters. The number of hydrogen-bond acceptors (Lipinski definition) is 4. The maximum absolute atomic E-state index is 12.0. The van der Waals surface area contributed by atoms with Crippen molar-refractivity contribution in [1.29, 1.82) is 0 Å². The summed E-state index contributed by atoms with van der Waals surface area (Å²) >= 11 is 1.44.